The van der Waals surface area contributed by atoms with Gasteiger partial charge in [0.15, 0.2) is 0 Å². The van der Waals surface area contributed by atoms with E-state index in [1.165, 1.54) is 15.6 Å². The predicted molar refractivity (Wildman–Crippen MR) is 50.4 cm³/mol. The number of fused-ring (bicyclic) bond motifs is 1. The number of hydrogen-bond donors (Lipinski definition) is 0. The fourth-order valence-electron chi connectivity index (χ4n) is 1.31. The van der Waals surface area contributed by atoms with Crippen LogP contribution in [-0.4, -0.2) is 20.9 Å². The van der Waals surface area contributed by atoms with Gasteiger partial charge in [0, 0.05) is 0 Å². The molecule has 1 aliphatic heterocycles. The van der Waals surface area contributed by atoms with Crippen LogP contribution in [0.4, 0.5) is 0 Å². The summed E-state index contributed by atoms with van der Waals surface area (Å²) < 4.78 is 3.00. The number of allylic oxidation sites excluding steroid dienone is 1. The molecule has 2 rings (SSSR count). The molecule has 0 unspecified atom stereocenters. The van der Waals surface area contributed by atoms with Gasteiger partial charge in [-0.05, 0) is 0 Å². The Morgan fingerprint density at radius 2 is 2.27 bits per heavy atom. The average Bonchev–Trinajstić information content (AvgIpc) is 2.06. The van der Waals surface area contributed by atoms with E-state index < -0.39 is 0 Å². The van der Waals surface area contributed by atoms with Crippen LogP contribution in [0.1, 0.15) is 11.1 Å². The van der Waals surface area contributed by atoms with E-state index in [2.05, 4.69) is 37.3 Å². The van der Waals surface area contributed by atoms with Crippen molar-refractivity contribution in [2.45, 2.75) is 11.4 Å². The molecule has 0 aliphatic carbocycles. The third kappa shape index (κ3) is 1.36. The predicted octanol–water partition coefficient (Wildman–Crippen LogP) is 1.77. The number of benzene rings is 1. The van der Waals surface area contributed by atoms with Gasteiger partial charge in [-0.25, -0.2) is 0 Å². The summed E-state index contributed by atoms with van der Waals surface area (Å²) in [6.07, 6.45) is 4.57. The molecule has 0 atom stereocenters. The molecule has 11 heavy (non-hydrogen) atoms. The van der Waals surface area contributed by atoms with E-state index in [0.29, 0.717) is 0 Å². The second kappa shape index (κ2) is 3.01. The second-order valence-corrected chi connectivity index (χ2v) is 5.65. The molecule has 0 bridgehead atoms. The maximum atomic E-state index is 2.31. The summed E-state index contributed by atoms with van der Waals surface area (Å²) in [7, 11) is 0. The van der Waals surface area contributed by atoms with Gasteiger partial charge in [0.2, 0.25) is 0 Å². The first-order chi connectivity index (χ1) is 5.38. The van der Waals surface area contributed by atoms with E-state index in [4.69, 9.17) is 0 Å². The van der Waals surface area contributed by atoms with E-state index in [1.54, 1.807) is 3.61 Å². The zero-order chi connectivity index (χ0) is 7.68. The Bertz CT molecular complexity index is 300. The molecule has 0 nitrogen and oxygen atoms in total. The number of aryl methyl sites for hydroxylation is 1. The van der Waals surface area contributed by atoms with E-state index >= 15 is 0 Å². The zero-order valence-electron chi connectivity index (χ0n) is 6.50. The molecule has 0 saturated heterocycles. The molecule has 1 aromatic carbocycles. The van der Waals surface area contributed by atoms with Crippen molar-refractivity contribution in [1.29, 1.82) is 0 Å². The number of hydrogen-bond acceptors (Lipinski definition) is 0. The van der Waals surface area contributed by atoms with Crippen molar-refractivity contribution in [3.05, 3.63) is 35.4 Å². The zero-order valence-corrected chi connectivity index (χ0v) is 8.83. The topological polar surface area (TPSA) is 0 Å². The molecular weight excluding hydrogens is 248 g/mol. The molecule has 0 amide bonds. The van der Waals surface area contributed by atoms with E-state index in [0.717, 1.165) is 0 Å². The van der Waals surface area contributed by atoms with Crippen LogP contribution >= 0.6 is 0 Å². The summed E-state index contributed by atoms with van der Waals surface area (Å²) in [5, 5.41) is 0. The average molecular weight is 258 g/mol. The van der Waals surface area contributed by atoms with Gasteiger partial charge < -0.3 is 0 Å². The molecule has 0 N–H and O–H groups in total. The molecule has 1 heterocycles. The molecule has 0 saturated carbocycles. The molecular formula is C10H10Te. The summed E-state index contributed by atoms with van der Waals surface area (Å²) in [5.41, 5.74) is 2.97. The Balaban J connectivity index is 2.60. The van der Waals surface area contributed by atoms with Crippen LogP contribution in [0, 0.1) is 6.92 Å². The van der Waals surface area contributed by atoms with Crippen molar-refractivity contribution < 1.29 is 0 Å². The van der Waals surface area contributed by atoms with Crippen LogP contribution < -0.4 is 3.61 Å². The van der Waals surface area contributed by atoms with Crippen molar-refractivity contribution in [1.82, 2.24) is 0 Å². The molecule has 1 aliphatic rings. The Morgan fingerprint density at radius 1 is 1.36 bits per heavy atom. The van der Waals surface area contributed by atoms with Gasteiger partial charge in [0.1, 0.15) is 0 Å². The monoisotopic (exact) mass is 260 g/mol. The van der Waals surface area contributed by atoms with Gasteiger partial charge in [-0.15, -0.1) is 0 Å². The minimum absolute atomic E-state index is 0.117. The second-order valence-electron chi connectivity index (χ2n) is 2.71. The SMILES string of the molecule is Cc1cccc2c1[Te]CC=C2. The minimum atomic E-state index is 0.117. The third-order valence-corrected chi connectivity index (χ3v) is 5.30. The quantitative estimate of drug-likeness (QED) is 0.622. The van der Waals surface area contributed by atoms with Gasteiger partial charge in [0.25, 0.3) is 0 Å². The Labute approximate surface area is 77.4 Å². The van der Waals surface area contributed by atoms with Crippen LogP contribution in [0.3, 0.4) is 0 Å². The van der Waals surface area contributed by atoms with Crippen LogP contribution in [0.25, 0.3) is 6.08 Å². The third-order valence-electron chi connectivity index (χ3n) is 1.86. The normalized spacial score (nSPS) is 14.6. The first-order valence-electron chi connectivity index (χ1n) is 3.77. The van der Waals surface area contributed by atoms with Gasteiger partial charge in [-0.2, -0.15) is 0 Å². The molecule has 0 fully saturated rings. The molecule has 1 aromatic rings. The van der Waals surface area contributed by atoms with Crippen molar-refractivity contribution in [3.63, 3.8) is 0 Å². The van der Waals surface area contributed by atoms with Crippen molar-refractivity contribution >= 4 is 30.6 Å². The van der Waals surface area contributed by atoms with Crippen LogP contribution in [0.15, 0.2) is 24.3 Å². The Morgan fingerprint density at radius 3 is 3.09 bits per heavy atom. The summed E-state index contributed by atoms with van der Waals surface area (Å²) >= 11 is 0.117. The van der Waals surface area contributed by atoms with Crippen molar-refractivity contribution in [2.24, 2.45) is 0 Å². The van der Waals surface area contributed by atoms with Gasteiger partial charge in [-0.1, -0.05) is 0 Å². The fourth-order valence-corrected chi connectivity index (χ4v) is 4.04. The van der Waals surface area contributed by atoms with Crippen molar-refractivity contribution in [2.75, 3.05) is 0 Å². The fraction of sp³-hybridized carbons (Fsp3) is 0.200. The van der Waals surface area contributed by atoms with Crippen LogP contribution in [-0.2, 0) is 0 Å². The van der Waals surface area contributed by atoms with Crippen molar-refractivity contribution in [3.8, 4) is 0 Å². The van der Waals surface area contributed by atoms with Crippen LogP contribution in [0.5, 0.6) is 0 Å². The maximum absolute atomic E-state index is 2.31. The van der Waals surface area contributed by atoms with E-state index in [-0.39, 0.29) is 20.9 Å². The standard InChI is InChI=1S/C10H10Te/c1-8-4-2-5-9-6-3-7-11-10(8)9/h2-6H,7H2,1H3. The summed E-state index contributed by atoms with van der Waals surface area (Å²) in [6, 6.07) is 6.60. The van der Waals surface area contributed by atoms with Crippen LogP contribution in [0.2, 0.25) is 4.47 Å². The molecule has 1 heteroatoms. The molecule has 0 radical (unpaired) electrons. The summed E-state index contributed by atoms with van der Waals surface area (Å²) in [5.74, 6) is 0. The first-order valence-corrected chi connectivity index (χ1v) is 6.58. The van der Waals surface area contributed by atoms with Gasteiger partial charge in [-0.3, -0.25) is 0 Å². The number of rotatable bonds is 0. The molecule has 0 spiro atoms. The van der Waals surface area contributed by atoms with Gasteiger partial charge in [0.05, 0.1) is 0 Å². The summed E-state index contributed by atoms with van der Waals surface area (Å²) in [4.78, 5) is 0. The Kier molecular flexibility index (Phi) is 2.02. The first kappa shape index (κ1) is 7.40. The van der Waals surface area contributed by atoms with Gasteiger partial charge >= 0.3 is 77.4 Å². The molecule has 0 aromatic heterocycles. The van der Waals surface area contributed by atoms with E-state index in [1.807, 2.05) is 0 Å². The Hall–Kier alpha value is -0.250. The summed E-state index contributed by atoms with van der Waals surface area (Å²) in [6.45, 7) is 2.22. The molecule has 56 valence electrons. The van der Waals surface area contributed by atoms with E-state index in [9.17, 15) is 0 Å².